The average molecular weight is 771 g/mol. The van der Waals surface area contributed by atoms with Gasteiger partial charge in [-0.15, -0.1) is 0 Å². The number of hydrogen-bond donors (Lipinski definition) is 0. The molecule has 0 bridgehead atoms. The summed E-state index contributed by atoms with van der Waals surface area (Å²) in [6.07, 6.45) is 50.9. The van der Waals surface area contributed by atoms with Gasteiger partial charge in [-0.25, -0.2) is 0 Å². The predicted octanol–water partition coefficient (Wildman–Crippen LogP) is 14.8. The number of ether oxygens (including phenoxy) is 3. The zero-order valence-corrected chi connectivity index (χ0v) is 36.2. The van der Waals surface area contributed by atoms with Crippen molar-refractivity contribution in [2.75, 3.05) is 13.2 Å². The van der Waals surface area contributed by atoms with Gasteiger partial charge in [0.2, 0.25) is 0 Å². The van der Waals surface area contributed by atoms with E-state index in [2.05, 4.69) is 69.4 Å². The fraction of sp³-hybridized carbons (Fsp3) is 0.776. The Labute approximate surface area is 339 Å². The minimum absolute atomic E-state index is 0.0843. The van der Waals surface area contributed by atoms with E-state index in [1.807, 2.05) is 0 Å². The first-order valence-electron chi connectivity index (χ1n) is 23.1. The smallest absolute Gasteiger partial charge is 0.306 e. The van der Waals surface area contributed by atoms with Crippen molar-refractivity contribution in [1.82, 2.24) is 0 Å². The Morgan fingerprint density at radius 1 is 0.382 bits per heavy atom. The second-order valence-electron chi connectivity index (χ2n) is 15.3. The molecular formula is C49H86O6. The van der Waals surface area contributed by atoms with E-state index >= 15 is 0 Å². The molecule has 6 heteroatoms. The van der Waals surface area contributed by atoms with Crippen molar-refractivity contribution < 1.29 is 28.6 Å². The van der Waals surface area contributed by atoms with E-state index in [1.165, 1.54) is 89.9 Å². The van der Waals surface area contributed by atoms with Crippen LogP contribution in [-0.2, 0) is 28.6 Å². The van der Waals surface area contributed by atoms with Crippen molar-refractivity contribution >= 4 is 17.9 Å². The lowest BCUT2D eigenvalue weighted by molar-refractivity contribution is -0.167. The SMILES string of the molecule is CC/C=C\C/C=C\C/C=C\CCCCCC(=O)OCC(COC(=O)CCCCCCCCCCCCCC)OC(=O)CCCCCCC/C=C\CCCCC. The first-order chi connectivity index (χ1) is 27.0. The third-order valence-electron chi connectivity index (χ3n) is 9.82. The monoisotopic (exact) mass is 771 g/mol. The fourth-order valence-corrected chi connectivity index (χ4v) is 6.33. The summed E-state index contributed by atoms with van der Waals surface area (Å²) in [5.74, 6) is -0.924. The number of carbonyl (C=O) groups is 3. The Bertz CT molecular complexity index is 980. The maximum Gasteiger partial charge on any atom is 0.306 e. The molecule has 318 valence electrons. The number of esters is 3. The number of rotatable bonds is 41. The molecule has 0 spiro atoms. The van der Waals surface area contributed by atoms with Crippen LogP contribution in [0.3, 0.4) is 0 Å². The maximum atomic E-state index is 12.7. The average Bonchev–Trinajstić information content (AvgIpc) is 3.18. The summed E-state index contributed by atoms with van der Waals surface area (Å²) in [6, 6.07) is 0. The first-order valence-corrected chi connectivity index (χ1v) is 23.1. The Hall–Kier alpha value is -2.63. The molecule has 0 fully saturated rings. The lowest BCUT2D eigenvalue weighted by Crippen LogP contribution is -2.30. The quantitative estimate of drug-likeness (QED) is 0.0267. The molecule has 0 aromatic carbocycles. The highest BCUT2D eigenvalue weighted by atomic mass is 16.6. The predicted molar refractivity (Wildman–Crippen MR) is 233 cm³/mol. The van der Waals surface area contributed by atoms with Gasteiger partial charge in [-0.3, -0.25) is 14.4 Å². The molecule has 6 nitrogen and oxygen atoms in total. The lowest BCUT2D eigenvalue weighted by Gasteiger charge is -2.18. The molecule has 0 aromatic heterocycles. The van der Waals surface area contributed by atoms with Crippen LogP contribution in [-0.4, -0.2) is 37.2 Å². The zero-order chi connectivity index (χ0) is 40.1. The molecule has 0 aliphatic carbocycles. The van der Waals surface area contributed by atoms with Crippen LogP contribution >= 0.6 is 0 Å². The van der Waals surface area contributed by atoms with Crippen molar-refractivity contribution in [1.29, 1.82) is 0 Å². The highest BCUT2D eigenvalue weighted by Crippen LogP contribution is 2.14. The second kappa shape index (κ2) is 44.1. The molecule has 1 unspecified atom stereocenters. The lowest BCUT2D eigenvalue weighted by atomic mass is 10.0. The molecule has 0 amide bonds. The molecule has 0 aromatic rings. The molecule has 0 heterocycles. The van der Waals surface area contributed by atoms with Crippen LogP contribution in [0, 0.1) is 0 Å². The van der Waals surface area contributed by atoms with Gasteiger partial charge in [0, 0.05) is 19.3 Å². The van der Waals surface area contributed by atoms with Crippen molar-refractivity contribution in [3.8, 4) is 0 Å². The highest BCUT2D eigenvalue weighted by molar-refractivity contribution is 5.71. The molecule has 0 saturated heterocycles. The van der Waals surface area contributed by atoms with Crippen molar-refractivity contribution in [3.63, 3.8) is 0 Å². The van der Waals surface area contributed by atoms with Crippen molar-refractivity contribution in [3.05, 3.63) is 48.6 Å². The minimum Gasteiger partial charge on any atom is -0.462 e. The number of allylic oxidation sites excluding steroid dienone is 8. The molecular weight excluding hydrogens is 685 g/mol. The van der Waals surface area contributed by atoms with Gasteiger partial charge in [-0.2, -0.15) is 0 Å². The summed E-state index contributed by atoms with van der Waals surface area (Å²) < 4.78 is 16.7. The summed E-state index contributed by atoms with van der Waals surface area (Å²) >= 11 is 0. The Morgan fingerprint density at radius 3 is 1.18 bits per heavy atom. The van der Waals surface area contributed by atoms with Crippen LogP contribution in [0.5, 0.6) is 0 Å². The Kier molecular flexibility index (Phi) is 42.0. The van der Waals surface area contributed by atoms with E-state index < -0.39 is 6.10 Å². The third kappa shape index (κ3) is 42.4. The number of carbonyl (C=O) groups excluding carboxylic acids is 3. The molecule has 1 atom stereocenters. The largest absolute Gasteiger partial charge is 0.462 e. The Balaban J connectivity index is 4.43. The molecule has 0 aliphatic heterocycles. The van der Waals surface area contributed by atoms with Gasteiger partial charge >= 0.3 is 17.9 Å². The van der Waals surface area contributed by atoms with Gasteiger partial charge in [0.1, 0.15) is 13.2 Å². The first kappa shape index (κ1) is 52.4. The third-order valence-corrected chi connectivity index (χ3v) is 9.82. The van der Waals surface area contributed by atoms with Crippen molar-refractivity contribution in [2.45, 2.75) is 232 Å². The van der Waals surface area contributed by atoms with Gasteiger partial charge in [-0.1, -0.05) is 179 Å². The second-order valence-corrected chi connectivity index (χ2v) is 15.3. The van der Waals surface area contributed by atoms with Crippen molar-refractivity contribution in [2.24, 2.45) is 0 Å². The van der Waals surface area contributed by atoms with E-state index in [1.54, 1.807) is 0 Å². The topological polar surface area (TPSA) is 78.9 Å². The molecule has 0 N–H and O–H groups in total. The van der Waals surface area contributed by atoms with Crippen LogP contribution in [0.2, 0.25) is 0 Å². The number of unbranched alkanes of at least 4 members (excludes halogenated alkanes) is 22. The van der Waals surface area contributed by atoms with Gasteiger partial charge in [0.15, 0.2) is 6.10 Å². The summed E-state index contributed by atoms with van der Waals surface area (Å²) in [6.45, 7) is 6.45. The molecule has 0 aliphatic rings. The zero-order valence-electron chi connectivity index (χ0n) is 36.2. The summed E-state index contributed by atoms with van der Waals surface area (Å²) in [5, 5.41) is 0. The molecule has 0 saturated carbocycles. The summed E-state index contributed by atoms with van der Waals surface area (Å²) in [7, 11) is 0. The van der Waals surface area contributed by atoms with Crippen LogP contribution in [0.15, 0.2) is 48.6 Å². The van der Waals surface area contributed by atoms with E-state index in [0.717, 1.165) is 96.3 Å². The van der Waals surface area contributed by atoms with Gasteiger partial charge in [0.25, 0.3) is 0 Å². The summed E-state index contributed by atoms with van der Waals surface area (Å²) in [5.41, 5.74) is 0. The van der Waals surface area contributed by atoms with Crippen LogP contribution in [0.1, 0.15) is 226 Å². The normalized spacial score (nSPS) is 12.4. The van der Waals surface area contributed by atoms with Crippen LogP contribution < -0.4 is 0 Å². The molecule has 55 heavy (non-hydrogen) atoms. The highest BCUT2D eigenvalue weighted by Gasteiger charge is 2.19. The van der Waals surface area contributed by atoms with Gasteiger partial charge < -0.3 is 14.2 Å². The summed E-state index contributed by atoms with van der Waals surface area (Å²) in [4.78, 5) is 37.7. The van der Waals surface area contributed by atoms with E-state index in [9.17, 15) is 14.4 Å². The molecule has 0 rings (SSSR count). The molecule has 0 radical (unpaired) electrons. The standard InChI is InChI=1S/C49H86O6/c1-4-7-10-13-16-19-22-25-28-30-33-36-39-42-48(51)54-45-46(55-49(52)43-40-37-34-31-27-24-21-18-15-12-9-6-3)44-53-47(50)41-38-35-32-29-26-23-20-17-14-11-8-5-2/h7,10,16,18-19,21,25,28,46H,4-6,8-9,11-15,17,20,22-24,26-27,29-45H2,1-3H3/b10-7-,19-16-,21-18-,28-25-. The van der Waals surface area contributed by atoms with Crippen LogP contribution in [0.4, 0.5) is 0 Å². The van der Waals surface area contributed by atoms with Gasteiger partial charge in [-0.05, 0) is 77.0 Å². The van der Waals surface area contributed by atoms with Crippen LogP contribution in [0.25, 0.3) is 0 Å². The van der Waals surface area contributed by atoms with Gasteiger partial charge in [0.05, 0.1) is 0 Å². The van der Waals surface area contributed by atoms with E-state index in [0.29, 0.717) is 19.3 Å². The Morgan fingerprint density at radius 2 is 0.709 bits per heavy atom. The fourth-order valence-electron chi connectivity index (χ4n) is 6.33. The van der Waals surface area contributed by atoms with E-state index in [4.69, 9.17) is 14.2 Å². The van der Waals surface area contributed by atoms with E-state index in [-0.39, 0.29) is 31.1 Å². The number of hydrogen-bond acceptors (Lipinski definition) is 6. The maximum absolute atomic E-state index is 12.7. The minimum atomic E-state index is -0.784.